The van der Waals surface area contributed by atoms with Crippen LogP contribution >= 0.6 is 0 Å². The monoisotopic (exact) mass is 244 g/mol. The number of nitrogens with two attached hydrogens (primary N) is 1. The highest BCUT2D eigenvalue weighted by molar-refractivity contribution is 7.90. The number of aromatic nitrogens is 1. The van der Waals surface area contributed by atoms with Gasteiger partial charge in [-0.05, 0) is 12.1 Å². The Kier molecular flexibility index (Phi) is 4.08. The van der Waals surface area contributed by atoms with Crippen molar-refractivity contribution in [3.63, 3.8) is 0 Å². The van der Waals surface area contributed by atoms with E-state index in [4.69, 9.17) is 5.73 Å². The van der Waals surface area contributed by atoms with Gasteiger partial charge in [-0.2, -0.15) is 12.7 Å². The van der Waals surface area contributed by atoms with E-state index in [0.29, 0.717) is 24.6 Å². The van der Waals surface area contributed by atoms with Gasteiger partial charge in [0.1, 0.15) is 5.82 Å². The molecule has 6 nitrogen and oxygen atoms in total. The predicted octanol–water partition coefficient (Wildman–Crippen LogP) is 0.662. The van der Waals surface area contributed by atoms with Gasteiger partial charge in [-0.25, -0.2) is 4.98 Å². The first-order valence-electron chi connectivity index (χ1n) is 4.99. The summed E-state index contributed by atoms with van der Waals surface area (Å²) in [6, 6.07) is 3.11. The molecular formula is C9H16N4O2S. The van der Waals surface area contributed by atoms with Crippen molar-refractivity contribution in [2.75, 3.05) is 23.5 Å². The summed E-state index contributed by atoms with van der Waals surface area (Å²) < 4.78 is 27.4. The fraction of sp³-hybridized carbons (Fsp3) is 0.444. The summed E-state index contributed by atoms with van der Waals surface area (Å²) in [4.78, 5) is 3.81. The highest BCUT2D eigenvalue weighted by atomic mass is 32.2. The van der Waals surface area contributed by atoms with E-state index in [-0.39, 0.29) is 0 Å². The molecule has 0 radical (unpaired) electrons. The van der Waals surface area contributed by atoms with Gasteiger partial charge < -0.3 is 5.73 Å². The molecule has 0 aliphatic rings. The molecule has 0 saturated carbocycles. The zero-order valence-electron chi connectivity index (χ0n) is 9.34. The van der Waals surface area contributed by atoms with E-state index in [1.807, 2.05) is 0 Å². The molecule has 90 valence electrons. The Hall–Kier alpha value is -1.34. The predicted molar refractivity (Wildman–Crippen MR) is 64.1 cm³/mol. The first-order chi connectivity index (χ1) is 7.49. The molecule has 1 rings (SSSR count). The van der Waals surface area contributed by atoms with Gasteiger partial charge in [-0.1, -0.05) is 13.8 Å². The van der Waals surface area contributed by atoms with E-state index < -0.39 is 10.2 Å². The average molecular weight is 244 g/mol. The molecule has 0 aliphatic carbocycles. The minimum absolute atomic E-state index is 0.353. The summed E-state index contributed by atoms with van der Waals surface area (Å²) in [7, 11) is -3.49. The van der Waals surface area contributed by atoms with Crippen LogP contribution in [0.2, 0.25) is 0 Å². The summed E-state index contributed by atoms with van der Waals surface area (Å²) >= 11 is 0. The maximum Gasteiger partial charge on any atom is 0.301 e. The number of anilines is 2. The van der Waals surface area contributed by atoms with Crippen molar-refractivity contribution in [2.45, 2.75) is 13.8 Å². The van der Waals surface area contributed by atoms with E-state index in [9.17, 15) is 8.42 Å². The Morgan fingerprint density at radius 3 is 2.44 bits per heavy atom. The zero-order valence-corrected chi connectivity index (χ0v) is 10.2. The summed E-state index contributed by atoms with van der Waals surface area (Å²) in [6.07, 6.45) is 1.39. The summed E-state index contributed by atoms with van der Waals surface area (Å²) in [5.74, 6) is 0.353. The standard InChI is InChI=1S/C9H16N4O2S/c1-3-13(4-2)16(14,15)12-8-5-6-9(10)11-7-8/h5-7,12H,3-4H2,1-2H3,(H2,10,11). The molecule has 0 saturated heterocycles. The number of pyridine rings is 1. The van der Waals surface area contributed by atoms with Crippen LogP contribution in [0.5, 0.6) is 0 Å². The number of nitrogen functional groups attached to an aromatic ring is 1. The normalized spacial score (nSPS) is 11.7. The number of nitrogens with zero attached hydrogens (tertiary/aromatic N) is 2. The van der Waals surface area contributed by atoms with E-state index in [1.54, 1.807) is 26.0 Å². The van der Waals surface area contributed by atoms with Crippen molar-refractivity contribution in [1.82, 2.24) is 9.29 Å². The largest absolute Gasteiger partial charge is 0.384 e. The SMILES string of the molecule is CCN(CC)S(=O)(=O)Nc1ccc(N)nc1. The second kappa shape index (κ2) is 5.13. The summed E-state index contributed by atoms with van der Waals surface area (Å²) in [5.41, 5.74) is 5.81. The van der Waals surface area contributed by atoms with E-state index >= 15 is 0 Å². The first kappa shape index (κ1) is 12.7. The van der Waals surface area contributed by atoms with E-state index in [2.05, 4.69) is 9.71 Å². The molecule has 3 N–H and O–H groups in total. The highest BCUT2D eigenvalue weighted by Gasteiger charge is 2.18. The van der Waals surface area contributed by atoms with Crippen LogP contribution in [0.4, 0.5) is 11.5 Å². The van der Waals surface area contributed by atoms with Gasteiger partial charge in [-0.3, -0.25) is 4.72 Å². The third-order valence-corrected chi connectivity index (χ3v) is 3.77. The lowest BCUT2D eigenvalue weighted by Crippen LogP contribution is -2.35. The number of nitrogens with one attached hydrogen (secondary N) is 1. The van der Waals surface area contributed by atoms with Crippen LogP contribution < -0.4 is 10.5 Å². The molecule has 0 fully saturated rings. The van der Waals surface area contributed by atoms with Crippen molar-refractivity contribution in [3.05, 3.63) is 18.3 Å². The maximum atomic E-state index is 11.8. The van der Waals surface area contributed by atoms with Gasteiger partial charge in [0.25, 0.3) is 0 Å². The molecule has 0 aromatic carbocycles. The van der Waals surface area contributed by atoms with E-state index in [1.165, 1.54) is 10.5 Å². The summed E-state index contributed by atoms with van der Waals surface area (Å²) in [5, 5.41) is 0. The van der Waals surface area contributed by atoms with Crippen LogP contribution in [0.1, 0.15) is 13.8 Å². The minimum atomic E-state index is -3.49. The Morgan fingerprint density at radius 1 is 1.38 bits per heavy atom. The van der Waals surface area contributed by atoms with Crippen LogP contribution in [-0.4, -0.2) is 30.8 Å². The lowest BCUT2D eigenvalue weighted by Gasteiger charge is -2.19. The first-order valence-corrected chi connectivity index (χ1v) is 6.43. The van der Waals surface area contributed by atoms with Crippen LogP contribution in [0.25, 0.3) is 0 Å². The Bertz CT molecular complexity index is 425. The maximum absolute atomic E-state index is 11.8. The molecule has 0 bridgehead atoms. The molecule has 0 unspecified atom stereocenters. The molecule has 0 atom stereocenters. The van der Waals surface area contributed by atoms with Gasteiger partial charge in [0.05, 0.1) is 11.9 Å². The number of rotatable bonds is 5. The third kappa shape index (κ3) is 3.07. The second-order valence-electron chi connectivity index (χ2n) is 3.16. The van der Waals surface area contributed by atoms with Crippen LogP contribution in [0.15, 0.2) is 18.3 Å². The molecule has 0 spiro atoms. The van der Waals surface area contributed by atoms with Crippen LogP contribution in [0, 0.1) is 0 Å². The summed E-state index contributed by atoms with van der Waals surface area (Å²) in [6.45, 7) is 4.41. The number of hydrogen-bond donors (Lipinski definition) is 2. The Morgan fingerprint density at radius 2 is 2.00 bits per heavy atom. The van der Waals surface area contributed by atoms with Crippen LogP contribution in [-0.2, 0) is 10.2 Å². The fourth-order valence-corrected chi connectivity index (χ4v) is 2.47. The quantitative estimate of drug-likeness (QED) is 0.796. The molecule has 1 aromatic heterocycles. The van der Waals surface area contributed by atoms with Gasteiger partial charge in [-0.15, -0.1) is 0 Å². The smallest absolute Gasteiger partial charge is 0.301 e. The van der Waals surface area contributed by atoms with Crippen molar-refractivity contribution in [2.24, 2.45) is 0 Å². The van der Waals surface area contributed by atoms with Gasteiger partial charge in [0, 0.05) is 13.1 Å². The second-order valence-corrected chi connectivity index (χ2v) is 4.83. The van der Waals surface area contributed by atoms with Crippen molar-refractivity contribution in [1.29, 1.82) is 0 Å². The minimum Gasteiger partial charge on any atom is -0.384 e. The van der Waals surface area contributed by atoms with Crippen molar-refractivity contribution >= 4 is 21.7 Å². The molecule has 0 amide bonds. The fourth-order valence-electron chi connectivity index (χ4n) is 1.24. The zero-order chi connectivity index (χ0) is 12.2. The van der Waals surface area contributed by atoms with Gasteiger partial charge >= 0.3 is 10.2 Å². The molecule has 1 aromatic rings. The lowest BCUT2D eigenvalue weighted by atomic mass is 10.4. The van der Waals surface area contributed by atoms with Crippen LogP contribution in [0.3, 0.4) is 0 Å². The Labute approximate surface area is 95.7 Å². The highest BCUT2D eigenvalue weighted by Crippen LogP contribution is 2.11. The topological polar surface area (TPSA) is 88.3 Å². The molecular weight excluding hydrogens is 228 g/mol. The molecule has 7 heteroatoms. The molecule has 1 heterocycles. The van der Waals surface area contributed by atoms with Gasteiger partial charge in [0.2, 0.25) is 0 Å². The van der Waals surface area contributed by atoms with Gasteiger partial charge in [0.15, 0.2) is 0 Å². The van der Waals surface area contributed by atoms with Crippen molar-refractivity contribution < 1.29 is 8.42 Å². The average Bonchev–Trinajstić information content (AvgIpc) is 2.22. The molecule has 0 aliphatic heterocycles. The Balaban J connectivity index is 2.84. The lowest BCUT2D eigenvalue weighted by molar-refractivity contribution is 0.449. The van der Waals surface area contributed by atoms with Crippen molar-refractivity contribution in [3.8, 4) is 0 Å². The van der Waals surface area contributed by atoms with E-state index in [0.717, 1.165) is 0 Å². The number of hydrogen-bond acceptors (Lipinski definition) is 4. The molecule has 16 heavy (non-hydrogen) atoms. The third-order valence-electron chi connectivity index (χ3n) is 2.08.